The monoisotopic (exact) mass is 222 g/mol. The van der Waals surface area contributed by atoms with Crippen LogP contribution in [0.15, 0.2) is 34.4 Å². The summed E-state index contributed by atoms with van der Waals surface area (Å²) >= 11 is 1.80. The number of nitrogens with zero attached hydrogens (tertiary/aromatic N) is 1. The van der Waals surface area contributed by atoms with Gasteiger partial charge in [0.15, 0.2) is 0 Å². The maximum Gasteiger partial charge on any atom is 0.124 e. The van der Waals surface area contributed by atoms with E-state index >= 15 is 0 Å². The Morgan fingerprint density at radius 2 is 2.47 bits per heavy atom. The molecule has 3 nitrogen and oxygen atoms in total. The van der Waals surface area contributed by atoms with Gasteiger partial charge in [0.05, 0.1) is 5.69 Å². The van der Waals surface area contributed by atoms with Crippen molar-refractivity contribution in [2.75, 3.05) is 0 Å². The second-order valence-corrected chi connectivity index (χ2v) is 4.59. The Hall–Kier alpha value is -1.13. The summed E-state index contributed by atoms with van der Waals surface area (Å²) in [5.41, 5.74) is 0.952. The molecule has 2 heterocycles. The quantitative estimate of drug-likeness (QED) is 0.844. The first-order valence-electron chi connectivity index (χ1n) is 4.99. The van der Waals surface area contributed by atoms with Crippen LogP contribution < -0.4 is 5.32 Å². The van der Waals surface area contributed by atoms with Gasteiger partial charge in [0.25, 0.3) is 0 Å². The molecule has 80 valence electrons. The van der Waals surface area contributed by atoms with Crippen LogP contribution in [-0.4, -0.2) is 11.2 Å². The van der Waals surface area contributed by atoms with Gasteiger partial charge in [0.1, 0.15) is 6.26 Å². The Labute approximate surface area is 93.1 Å². The van der Waals surface area contributed by atoms with Crippen molar-refractivity contribution >= 4 is 11.3 Å². The second-order valence-electron chi connectivity index (χ2n) is 3.56. The first kappa shape index (κ1) is 10.4. The Balaban J connectivity index is 1.76. The molecule has 2 rings (SSSR count). The first-order chi connectivity index (χ1) is 7.34. The maximum absolute atomic E-state index is 4.76. The average molecular weight is 222 g/mol. The molecule has 2 aromatic heterocycles. The van der Waals surface area contributed by atoms with Crippen molar-refractivity contribution in [1.29, 1.82) is 0 Å². The Kier molecular flexibility index (Phi) is 3.53. The molecule has 0 radical (unpaired) electrons. The van der Waals surface area contributed by atoms with Crippen LogP contribution >= 0.6 is 11.3 Å². The van der Waals surface area contributed by atoms with E-state index in [-0.39, 0.29) is 0 Å². The predicted molar refractivity (Wildman–Crippen MR) is 60.8 cm³/mol. The van der Waals surface area contributed by atoms with Gasteiger partial charge < -0.3 is 9.84 Å². The first-order valence-corrected chi connectivity index (χ1v) is 5.87. The summed E-state index contributed by atoms with van der Waals surface area (Å²) in [4.78, 5) is 1.41. The number of thiophene rings is 1. The fourth-order valence-corrected chi connectivity index (χ4v) is 2.25. The molecule has 0 saturated heterocycles. The minimum atomic E-state index is 0.459. The van der Waals surface area contributed by atoms with Gasteiger partial charge in [-0.15, -0.1) is 11.3 Å². The molecule has 15 heavy (non-hydrogen) atoms. The standard InChI is InChI=1S/C11H14N2OS/c1-9(7-11-3-2-6-15-11)12-8-10-4-5-14-13-10/h2-6,9,12H,7-8H2,1H3. The van der Waals surface area contributed by atoms with Crippen molar-refractivity contribution in [3.05, 3.63) is 40.4 Å². The van der Waals surface area contributed by atoms with Gasteiger partial charge in [-0.1, -0.05) is 11.2 Å². The SMILES string of the molecule is CC(Cc1cccs1)NCc1ccon1. The van der Waals surface area contributed by atoms with E-state index in [1.54, 1.807) is 17.6 Å². The minimum Gasteiger partial charge on any atom is -0.364 e. The summed E-state index contributed by atoms with van der Waals surface area (Å²) < 4.78 is 4.76. The summed E-state index contributed by atoms with van der Waals surface area (Å²) in [5, 5.41) is 9.37. The van der Waals surface area contributed by atoms with Crippen molar-refractivity contribution in [3.63, 3.8) is 0 Å². The lowest BCUT2D eigenvalue weighted by Crippen LogP contribution is -2.27. The summed E-state index contributed by atoms with van der Waals surface area (Å²) in [6.07, 6.45) is 2.66. The van der Waals surface area contributed by atoms with E-state index in [0.717, 1.165) is 18.7 Å². The third-order valence-corrected chi connectivity index (χ3v) is 3.11. The smallest absolute Gasteiger partial charge is 0.124 e. The predicted octanol–water partition coefficient (Wildman–Crippen LogP) is 2.46. The zero-order chi connectivity index (χ0) is 10.5. The molecule has 0 fully saturated rings. The highest BCUT2D eigenvalue weighted by Crippen LogP contribution is 2.11. The summed E-state index contributed by atoms with van der Waals surface area (Å²) in [6.45, 7) is 2.95. The number of rotatable bonds is 5. The van der Waals surface area contributed by atoms with Crippen LogP contribution in [0.1, 0.15) is 17.5 Å². The molecule has 0 aliphatic heterocycles. The normalized spacial score (nSPS) is 12.9. The van der Waals surface area contributed by atoms with E-state index in [1.165, 1.54) is 4.88 Å². The topological polar surface area (TPSA) is 38.1 Å². The number of aromatic nitrogens is 1. The fourth-order valence-electron chi connectivity index (χ4n) is 1.41. The van der Waals surface area contributed by atoms with E-state index in [1.807, 2.05) is 6.07 Å². The molecular weight excluding hydrogens is 208 g/mol. The third-order valence-electron chi connectivity index (χ3n) is 2.21. The van der Waals surface area contributed by atoms with Gasteiger partial charge in [-0.05, 0) is 24.8 Å². The van der Waals surface area contributed by atoms with Crippen molar-refractivity contribution < 1.29 is 4.52 Å². The zero-order valence-electron chi connectivity index (χ0n) is 8.64. The molecule has 0 aliphatic carbocycles. The number of hydrogen-bond acceptors (Lipinski definition) is 4. The van der Waals surface area contributed by atoms with Crippen molar-refractivity contribution in [3.8, 4) is 0 Å². The van der Waals surface area contributed by atoms with Crippen molar-refractivity contribution in [1.82, 2.24) is 10.5 Å². The summed E-state index contributed by atoms with van der Waals surface area (Å²) in [5.74, 6) is 0. The number of nitrogens with one attached hydrogen (secondary N) is 1. The van der Waals surface area contributed by atoms with Crippen molar-refractivity contribution in [2.24, 2.45) is 0 Å². The highest BCUT2D eigenvalue weighted by atomic mass is 32.1. The highest BCUT2D eigenvalue weighted by molar-refractivity contribution is 7.09. The Morgan fingerprint density at radius 1 is 1.53 bits per heavy atom. The van der Waals surface area contributed by atoms with Gasteiger partial charge in [-0.2, -0.15) is 0 Å². The van der Waals surface area contributed by atoms with Crippen LogP contribution in [0.2, 0.25) is 0 Å². The highest BCUT2D eigenvalue weighted by Gasteiger charge is 2.04. The molecule has 0 aromatic carbocycles. The van der Waals surface area contributed by atoms with E-state index in [0.29, 0.717) is 6.04 Å². The Morgan fingerprint density at radius 3 is 3.13 bits per heavy atom. The van der Waals surface area contributed by atoms with E-state index in [4.69, 9.17) is 4.52 Å². The molecular formula is C11H14N2OS. The van der Waals surface area contributed by atoms with Gasteiger partial charge in [-0.25, -0.2) is 0 Å². The molecule has 0 spiro atoms. The third kappa shape index (κ3) is 3.18. The fraction of sp³-hybridized carbons (Fsp3) is 0.364. The van der Waals surface area contributed by atoms with Gasteiger partial charge in [0, 0.05) is 23.5 Å². The second kappa shape index (κ2) is 5.09. The lowest BCUT2D eigenvalue weighted by Gasteiger charge is -2.10. The van der Waals surface area contributed by atoms with E-state index in [9.17, 15) is 0 Å². The largest absolute Gasteiger partial charge is 0.364 e. The molecule has 1 N–H and O–H groups in total. The molecule has 4 heteroatoms. The van der Waals surface area contributed by atoms with Crippen LogP contribution in [0.5, 0.6) is 0 Å². The summed E-state index contributed by atoms with van der Waals surface area (Å²) in [7, 11) is 0. The number of hydrogen-bond donors (Lipinski definition) is 1. The minimum absolute atomic E-state index is 0.459. The lowest BCUT2D eigenvalue weighted by molar-refractivity contribution is 0.405. The molecule has 0 saturated carbocycles. The molecule has 0 bridgehead atoms. The maximum atomic E-state index is 4.76. The van der Waals surface area contributed by atoms with E-state index in [2.05, 4.69) is 34.9 Å². The van der Waals surface area contributed by atoms with Crippen LogP contribution in [-0.2, 0) is 13.0 Å². The molecule has 2 aromatic rings. The van der Waals surface area contributed by atoms with Gasteiger partial charge in [0.2, 0.25) is 0 Å². The van der Waals surface area contributed by atoms with Crippen LogP contribution in [0.25, 0.3) is 0 Å². The molecule has 0 aliphatic rings. The van der Waals surface area contributed by atoms with Crippen molar-refractivity contribution in [2.45, 2.75) is 25.9 Å². The van der Waals surface area contributed by atoms with Crippen LogP contribution in [0, 0.1) is 0 Å². The van der Waals surface area contributed by atoms with Gasteiger partial charge in [-0.3, -0.25) is 0 Å². The zero-order valence-corrected chi connectivity index (χ0v) is 9.46. The molecule has 1 unspecified atom stereocenters. The van der Waals surface area contributed by atoms with E-state index < -0.39 is 0 Å². The summed E-state index contributed by atoms with van der Waals surface area (Å²) in [6, 6.07) is 6.59. The van der Waals surface area contributed by atoms with Crippen LogP contribution in [0.4, 0.5) is 0 Å². The molecule has 0 amide bonds. The Bertz CT molecular complexity index is 369. The van der Waals surface area contributed by atoms with Gasteiger partial charge >= 0.3 is 0 Å². The lowest BCUT2D eigenvalue weighted by atomic mass is 10.2. The average Bonchev–Trinajstić information content (AvgIpc) is 2.86. The molecule has 1 atom stereocenters. The van der Waals surface area contributed by atoms with Crippen LogP contribution in [0.3, 0.4) is 0 Å².